The number of hydrogen-bond donors (Lipinski definition) is 1. The van der Waals surface area contributed by atoms with Gasteiger partial charge >= 0.3 is 5.97 Å². The number of nitrogens with zero attached hydrogens (tertiary/aromatic N) is 1. The summed E-state index contributed by atoms with van der Waals surface area (Å²) in [5.74, 6) is -0.610. The maximum absolute atomic E-state index is 10.6. The first kappa shape index (κ1) is 9.52. The van der Waals surface area contributed by atoms with Crippen molar-refractivity contribution in [3.8, 4) is 0 Å². The lowest BCUT2D eigenvalue weighted by molar-refractivity contribution is -0.140. The fraction of sp³-hybridized carbons (Fsp3) is 0.889. The lowest BCUT2D eigenvalue weighted by atomic mass is 10.2. The van der Waals surface area contributed by atoms with E-state index < -0.39 is 5.97 Å². The Hall–Kier alpha value is -0.570. The van der Waals surface area contributed by atoms with Gasteiger partial charge in [-0.25, -0.2) is 0 Å². The molecule has 0 bridgehead atoms. The third-order valence-electron chi connectivity index (χ3n) is 3.09. The van der Waals surface area contributed by atoms with Crippen LogP contribution in [0.4, 0.5) is 0 Å². The van der Waals surface area contributed by atoms with Gasteiger partial charge in [0.1, 0.15) is 0 Å². The summed E-state index contributed by atoms with van der Waals surface area (Å²) in [4.78, 5) is 12.7. The van der Waals surface area contributed by atoms with Gasteiger partial charge in [-0.2, -0.15) is 0 Å². The lowest BCUT2D eigenvalue weighted by Gasteiger charge is -2.10. The van der Waals surface area contributed by atoms with Gasteiger partial charge in [-0.15, -0.1) is 0 Å². The van der Waals surface area contributed by atoms with E-state index in [1.807, 2.05) is 32.8 Å². The van der Waals surface area contributed by atoms with Crippen LogP contribution in [0.2, 0.25) is 0 Å². The average molecular weight is 171 g/mol. The summed E-state index contributed by atoms with van der Waals surface area (Å²) in [6.07, 6.45) is 1.73. The van der Waals surface area contributed by atoms with E-state index in [2.05, 4.69) is 0 Å². The number of rotatable bonds is 2. The van der Waals surface area contributed by atoms with Crippen molar-refractivity contribution in [2.24, 2.45) is 5.41 Å². The minimum absolute atomic E-state index is 0.0683. The van der Waals surface area contributed by atoms with Crippen LogP contribution in [0.25, 0.3) is 0 Å². The van der Waals surface area contributed by atoms with E-state index in [-0.39, 0.29) is 11.0 Å². The molecule has 0 atom stereocenters. The first-order valence-electron chi connectivity index (χ1n) is 4.46. The van der Waals surface area contributed by atoms with Crippen molar-refractivity contribution in [2.45, 2.75) is 32.2 Å². The van der Waals surface area contributed by atoms with Gasteiger partial charge in [-0.05, 0) is 26.9 Å². The highest BCUT2D eigenvalue weighted by Crippen LogP contribution is 2.80. The van der Waals surface area contributed by atoms with Crippen LogP contribution in [-0.4, -0.2) is 35.6 Å². The molecule has 2 saturated carbocycles. The molecule has 0 aliphatic heterocycles. The normalized spacial score (nSPS) is 41.1. The summed E-state index contributed by atoms with van der Waals surface area (Å²) in [7, 11) is 3.91. The van der Waals surface area contributed by atoms with Crippen molar-refractivity contribution >= 4 is 5.97 Å². The quantitative estimate of drug-likeness (QED) is 0.678. The zero-order chi connectivity index (χ0) is 9.57. The van der Waals surface area contributed by atoms with E-state index >= 15 is 0 Å². The van der Waals surface area contributed by atoms with Crippen molar-refractivity contribution in [3.05, 3.63) is 0 Å². The van der Waals surface area contributed by atoms with Crippen LogP contribution in [-0.2, 0) is 4.79 Å². The van der Waals surface area contributed by atoms with E-state index in [1.54, 1.807) is 0 Å². The van der Waals surface area contributed by atoms with E-state index in [0.29, 0.717) is 0 Å². The molecule has 12 heavy (non-hydrogen) atoms. The molecule has 0 saturated heterocycles. The first-order chi connectivity index (χ1) is 5.55. The molecular weight excluding hydrogens is 154 g/mol. The topological polar surface area (TPSA) is 40.5 Å². The molecule has 2 aliphatic carbocycles. The highest BCUT2D eigenvalue weighted by atomic mass is 16.4. The van der Waals surface area contributed by atoms with Gasteiger partial charge in [0.25, 0.3) is 0 Å². The molecule has 2 fully saturated rings. The third kappa shape index (κ3) is 0.829. The predicted octanol–water partition coefficient (Wildman–Crippen LogP) is 1.19. The Morgan fingerprint density at radius 3 is 1.83 bits per heavy atom. The van der Waals surface area contributed by atoms with Crippen LogP contribution < -0.4 is 0 Å². The highest BCUT2D eigenvalue weighted by molar-refractivity contribution is 5.87. The number of aliphatic carboxylic acids is 1. The molecule has 2 rings (SSSR count). The average Bonchev–Trinajstić information content (AvgIpc) is 2.73. The smallest absolute Gasteiger partial charge is 0.311 e. The Kier molecular flexibility index (Phi) is 1.95. The Bertz CT molecular complexity index is 205. The third-order valence-corrected chi connectivity index (χ3v) is 3.09. The highest BCUT2D eigenvalue weighted by Gasteiger charge is 2.89. The van der Waals surface area contributed by atoms with Crippen LogP contribution in [0.3, 0.4) is 0 Å². The van der Waals surface area contributed by atoms with Crippen LogP contribution in [0, 0.1) is 5.41 Å². The Labute approximate surface area is 73.4 Å². The van der Waals surface area contributed by atoms with Gasteiger partial charge in [-0.1, -0.05) is 13.8 Å². The number of fused-ring (bicyclic) bond motifs is 1. The first-order valence-corrected chi connectivity index (χ1v) is 4.46. The minimum atomic E-state index is -0.610. The fourth-order valence-corrected chi connectivity index (χ4v) is 1.95. The van der Waals surface area contributed by atoms with Crippen molar-refractivity contribution < 1.29 is 9.90 Å². The Morgan fingerprint density at radius 1 is 1.33 bits per heavy atom. The van der Waals surface area contributed by atoms with Crippen LogP contribution in [0.15, 0.2) is 0 Å². The second kappa shape index (κ2) is 2.46. The molecule has 0 aromatic carbocycles. The Balaban J connectivity index is 0.000000336. The van der Waals surface area contributed by atoms with Crippen LogP contribution in [0.5, 0.6) is 0 Å². The SMILES string of the molecule is CC.CN(C)C12CC1(C(=O)O)C2. The molecule has 1 N–H and O–H groups in total. The molecular formula is C9H17NO2. The molecule has 0 aromatic rings. The van der Waals surface area contributed by atoms with E-state index in [1.165, 1.54) is 0 Å². The summed E-state index contributed by atoms with van der Waals surface area (Å²) < 4.78 is 0. The van der Waals surface area contributed by atoms with Gasteiger partial charge in [-0.3, -0.25) is 4.79 Å². The molecule has 0 aromatic heterocycles. The summed E-state index contributed by atoms with van der Waals surface area (Å²) in [5.41, 5.74) is -0.255. The summed E-state index contributed by atoms with van der Waals surface area (Å²) in [5, 5.41) is 8.74. The summed E-state index contributed by atoms with van der Waals surface area (Å²) in [6, 6.07) is 0. The van der Waals surface area contributed by atoms with Gasteiger partial charge in [0.2, 0.25) is 0 Å². The maximum atomic E-state index is 10.6. The minimum Gasteiger partial charge on any atom is -0.481 e. The summed E-state index contributed by atoms with van der Waals surface area (Å²) >= 11 is 0. The largest absolute Gasteiger partial charge is 0.481 e. The van der Waals surface area contributed by atoms with Crippen molar-refractivity contribution in [3.63, 3.8) is 0 Å². The fourth-order valence-electron chi connectivity index (χ4n) is 1.95. The Morgan fingerprint density at radius 2 is 1.75 bits per heavy atom. The number of carboxylic acid groups (broad SMARTS) is 1. The molecule has 0 heterocycles. The molecule has 3 heteroatoms. The maximum Gasteiger partial charge on any atom is 0.311 e. The number of hydrogen-bond acceptors (Lipinski definition) is 2. The predicted molar refractivity (Wildman–Crippen MR) is 47.1 cm³/mol. The molecule has 0 amide bonds. The zero-order valence-electron chi connectivity index (χ0n) is 8.22. The van der Waals surface area contributed by atoms with Crippen molar-refractivity contribution in [1.82, 2.24) is 4.90 Å². The number of carboxylic acids is 1. The molecule has 3 nitrogen and oxygen atoms in total. The molecule has 2 aliphatic rings. The second-order valence-electron chi connectivity index (χ2n) is 3.67. The monoisotopic (exact) mass is 171 g/mol. The van der Waals surface area contributed by atoms with Gasteiger partial charge in [0.15, 0.2) is 0 Å². The van der Waals surface area contributed by atoms with Crippen molar-refractivity contribution in [1.29, 1.82) is 0 Å². The van der Waals surface area contributed by atoms with Gasteiger partial charge in [0, 0.05) is 5.54 Å². The van der Waals surface area contributed by atoms with Crippen LogP contribution in [0.1, 0.15) is 26.7 Å². The second-order valence-corrected chi connectivity index (χ2v) is 3.67. The van der Waals surface area contributed by atoms with Crippen LogP contribution >= 0.6 is 0 Å². The number of carbonyl (C=O) groups is 1. The molecule has 70 valence electrons. The van der Waals surface area contributed by atoms with Gasteiger partial charge in [0.05, 0.1) is 5.41 Å². The molecule has 0 radical (unpaired) electrons. The van der Waals surface area contributed by atoms with Gasteiger partial charge < -0.3 is 10.0 Å². The lowest BCUT2D eigenvalue weighted by Crippen LogP contribution is -2.21. The van der Waals surface area contributed by atoms with Crippen molar-refractivity contribution in [2.75, 3.05) is 14.1 Å². The van der Waals surface area contributed by atoms with E-state index in [0.717, 1.165) is 12.8 Å². The molecule has 0 spiro atoms. The summed E-state index contributed by atoms with van der Waals surface area (Å²) in [6.45, 7) is 4.00. The van der Waals surface area contributed by atoms with E-state index in [4.69, 9.17) is 5.11 Å². The van der Waals surface area contributed by atoms with E-state index in [9.17, 15) is 4.79 Å². The standard InChI is InChI=1S/C7H11NO2.C2H6/c1-8(2)7-3-6(7,4-7)5(9)10;1-2/h3-4H2,1-2H3,(H,9,10);1-2H3. The zero-order valence-corrected chi connectivity index (χ0v) is 8.22. The molecule has 0 unspecified atom stereocenters.